The van der Waals surface area contributed by atoms with Gasteiger partial charge in [-0.1, -0.05) is 30.3 Å². The molecule has 0 saturated carbocycles. The van der Waals surface area contributed by atoms with Crippen molar-refractivity contribution in [3.63, 3.8) is 0 Å². The highest BCUT2D eigenvalue weighted by atomic mass is 16.5. The molecule has 0 fully saturated rings. The summed E-state index contributed by atoms with van der Waals surface area (Å²) >= 11 is 0. The number of carbonyl (C=O) groups is 3. The summed E-state index contributed by atoms with van der Waals surface area (Å²) in [5.41, 5.74) is 1.47. The van der Waals surface area contributed by atoms with Gasteiger partial charge in [-0.2, -0.15) is 0 Å². The number of ketones is 1. The number of amides is 1. The first-order valence-corrected chi connectivity index (χ1v) is 8.55. The summed E-state index contributed by atoms with van der Waals surface area (Å²) in [6.45, 7) is 2.99. The van der Waals surface area contributed by atoms with Crippen molar-refractivity contribution in [3.8, 4) is 0 Å². The molecule has 0 aromatic heterocycles. The third kappa shape index (κ3) is 4.39. The van der Waals surface area contributed by atoms with E-state index in [4.69, 9.17) is 4.74 Å². The maximum absolute atomic E-state index is 12.3. The molecule has 1 amide bonds. The van der Waals surface area contributed by atoms with Crippen LogP contribution in [0.15, 0.2) is 66.7 Å². The van der Waals surface area contributed by atoms with Crippen LogP contribution in [0.3, 0.4) is 0 Å². The summed E-state index contributed by atoms with van der Waals surface area (Å²) in [6.07, 6.45) is -0.962. The van der Waals surface area contributed by atoms with E-state index < -0.39 is 18.0 Å². The van der Waals surface area contributed by atoms with E-state index >= 15 is 0 Å². The van der Waals surface area contributed by atoms with Crippen molar-refractivity contribution >= 4 is 34.1 Å². The smallest absolute Gasteiger partial charge is 0.338 e. The quantitative estimate of drug-likeness (QED) is 0.545. The van der Waals surface area contributed by atoms with E-state index in [9.17, 15) is 14.4 Å². The van der Waals surface area contributed by atoms with Crippen molar-refractivity contribution in [3.05, 3.63) is 77.9 Å². The van der Waals surface area contributed by atoms with Crippen LogP contribution in [0.2, 0.25) is 0 Å². The number of benzene rings is 3. The Balaban J connectivity index is 1.64. The zero-order valence-electron chi connectivity index (χ0n) is 15.1. The lowest BCUT2D eigenvalue weighted by molar-refractivity contribution is -0.123. The molecule has 5 nitrogen and oxygen atoms in total. The first-order chi connectivity index (χ1) is 12.9. The number of esters is 1. The molecule has 0 aliphatic carbocycles. The van der Waals surface area contributed by atoms with Crippen molar-refractivity contribution in [2.45, 2.75) is 20.0 Å². The van der Waals surface area contributed by atoms with Gasteiger partial charge in [-0.3, -0.25) is 9.59 Å². The topological polar surface area (TPSA) is 72.5 Å². The minimum atomic E-state index is -0.962. The van der Waals surface area contributed by atoms with Gasteiger partial charge in [-0.05, 0) is 61.0 Å². The molecule has 136 valence electrons. The Morgan fingerprint density at radius 3 is 2.15 bits per heavy atom. The summed E-state index contributed by atoms with van der Waals surface area (Å²) in [4.78, 5) is 35.9. The van der Waals surface area contributed by atoms with E-state index in [1.807, 2.05) is 30.3 Å². The van der Waals surface area contributed by atoms with Crippen LogP contribution >= 0.6 is 0 Å². The minimum Gasteiger partial charge on any atom is -0.449 e. The van der Waals surface area contributed by atoms with Gasteiger partial charge in [0.25, 0.3) is 5.91 Å². The van der Waals surface area contributed by atoms with E-state index in [1.165, 1.54) is 13.8 Å². The van der Waals surface area contributed by atoms with Gasteiger partial charge >= 0.3 is 5.97 Å². The first-order valence-electron chi connectivity index (χ1n) is 8.55. The fourth-order valence-corrected chi connectivity index (χ4v) is 2.63. The van der Waals surface area contributed by atoms with Crippen molar-refractivity contribution in [2.24, 2.45) is 0 Å². The van der Waals surface area contributed by atoms with E-state index in [2.05, 4.69) is 5.32 Å². The van der Waals surface area contributed by atoms with E-state index in [-0.39, 0.29) is 5.78 Å². The Kier molecular flexibility index (Phi) is 5.31. The Morgan fingerprint density at radius 2 is 1.48 bits per heavy atom. The van der Waals surface area contributed by atoms with Gasteiger partial charge in [0, 0.05) is 11.3 Å². The molecule has 0 saturated heterocycles. The number of carbonyl (C=O) groups excluding carboxylic acids is 3. The van der Waals surface area contributed by atoms with Crippen LogP contribution in [-0.4, -0.2) is 23.8 Å². The maximum Gasteiger partial charge on any atom is 0.338 e. The molecule has 0 spiro atoms. The predicted molar refractivity (Wildman–Crippen MR) is 104 cm³/mol. The Bertz CT molecular complexity index is 1010. The molecule has 0 radical (unpaired) electrons. The molecule has 0 bridgehead atoms. The SMILES string of the molecule is CC(=O)c1ccc(NC(=O)[C@H](C)OC(=O)c2ccc3ccccc3c2)cc1. The van der Waals surface area contributed by atoms with Gasteiger partial charge < -0.3 is 10.1 Å². The zero-order chi connectivity index (χ0) is 19.4. The standard InChI is InChI=1S/C22H19NO4/c1-14(24)16-9-11-20(12-10-16)23-21(25)15(2)27-22(26)19-8-7-17-5-3-4-6-18(17)13-19/h3-13,15H,1-2H3,(H,23,25)/t15-/m0/s1. The number of anilines is 1. The highest BCUT2D eigenvalue weighted by molar-refractivity contribution is 5.99. The monoisotopic (exact) mass is 361 g/mol. The van der Waals surface area contributed by atoms with E-state index in [1.54, 1.807) is 36.4 Å². The average Bonchev–Trinajstić information content (AvgIpc) is 2.67. The third-order valence-electron chi connectivity index (χ3n) is 4.20. The van der Waals surface area contributed by atoms with Crippen LogP contribution in [0.4, 0.5) is 5.69 Å². The Morgan fingerprint density at radius 1 is 0.852 bits per heavy atom. The molecule has 1 atom stereocenters. The number of hydrogen-bond donors (Lipinski definition) is 1. The number of fused-ring (bicyclic) bond motifs is 1. The molecule has 1 N–H and O–H groups in total. The fraction of sp³-hybridized carbons (Fsp3) is 0.136. The minimum absolute atomic E-state index is 0.0504. The maximum atomic E-state index is 12.3. The molecular formula is C22H19NO4. The largest absolute Gasteiger partial charge is 0.449 e. The Labute approximate surface area is 157 Å². The van der Waals surface area contributed by atoms with Gasteiger partial charge in [-0.25, -0.2) is 4.79 Å². The molecule has 3 aromatic carbocycles. The van der Waals surface area contributed by atoms with E-state index in [0.717, 1.165) is 10.8 Å². The van der Waals surface area contributed by atoms with Gasteiger partial charge in [0.15, 0.2) is 11.9 Å². The second-order valence-electron chi connectivity index (χ2n) is 6.23. The normalized spacial score (nSPS) is 11.6. The highest BCUT2D eigenvalue weighted by Crippen LogP contribution is 2.17. The van der Waals surface area contributed by atoms with Crippen molar-refractivity contribution < 1.29 is 19.1 Å². The lowest BCUT2D eigenvalue weighted by Gasteiger charge is -2.14. The number of Topliss-reactive ketones (excluding diaryl/α,β-unsaturated/α-hetero) is 1. The molecule has 5 heteroatoms. The number of hydrogen-bond acceptors (Lipinski definition) is 4. The van der Waals surface area contributed by atoms with Crippen molar-refractivity contribution in [1.29, 1.82) is 0 Å². The summed E-state index contributed by atoms with van der Waals surface area (Å²) in [5, 5.41) is 4.61. The number of nitrogens with one attached hydrogen (secondary N) is 1. The summed E-state index contributed by atoms with van der Waals surface area (Å²) < 4.78 is 5.28. The predicted octanol–water partition coefficient (Wildman–Crippen LogP) is 4.23. The lowest BCUT2D eigenvalue weighted by atomic mass is 10.1. The van der Waals surface area contributed by atoms with Crippen molar-refractivity contribution in [1.82, 2.24) is 0 Å². The van der Waals surface area contributed by atoms with E-state index in [0.29, 0.717) is 16.8 Å². The lowest BCUT2D eigenvalue weighted by Crippen LogP contribution is -2.30. The van der Waals surface area contributed by atoms with Crippen LogP contribution in [0, 0.1) is 0 Å². The molecule has 0 heterocycles. The van der Waals surface area contributed by atoms with Gasteiger partial charge in [0.2, 0.25) is 0 Å². The first kappa shape index (κ1) is 18.3. The van der Waals surface area contributed by atoms with Gasteiger partial charge in [0.1, 0.15) is 0 Å². The molecule has 0 unspecified atom stereocenters. The van der Waals surface area contributed by atoms with Crippen LogP contribution < -0.4 is 5.32 Å². The summed E-state index contributed by atoms with van der Waals surface area (Å²) in [7, 11) is 0. The third-order valence-corrected chi connectivity index (χ3v) is 4.20. The van der Waals surface area contributed by atoms with Crippen LogP contribution in [-0.2, 0) is 9.53 Å². The molecule has 0 aliphatic heterocycles. The summed E-state index contributed by atoms with van der Waals surface area (Å²) in [5.74, 6) is -1.05. The second kappa shape index (κ2) is 7.83. The van der Waals surface area contributed by atoms with Crippen LogP contribution in [0.1, 0.15) is 34.6 Å². The van der Waals surface area contributed by atoms with Crippen molar-refractivity contribution in [2.75, 3.05) is 5.32 Å². The zero-order valence-corrected chi connectivity index (χ0v) is 15.1. The molecule has 3 rings (SSSR count). The average molecular weight is 361 g/mol. The number of ether oxygens (including phenoxy) is 1. The molecular weight excluding hydrogens is 342 g/mol. The van der Waals surface area contributed by atoms with Crippen LogP contribution in [0.5, 0.6) is 0 Å². The molecule has 0 aliphatic rings. The molecule has 3 aromatic rings. The van der Waals surface area contributed by atoms with Gasteiger partial charge in [-0.15, -0.1) is 0 Å². The highest BCUT2D eigenvalue weighted by Gasteiger charge is 2.19. The second-order valence-corrected chi connectivity index (χ2v) is 6.23. The number of rotatable bonds is 5. The van der Waals surface area contributed by atoms with Crippen LogP contribution in [0.25, 0.3) is 10.8 Å². The Hall–Kier alpha value is -3.47. The summed E-state index contributed by atoms with van der Waals surface area (Å²) in [6, 6.07) is 19.5. The fourth-order valence-electron chi connectivity index (χ4n) is 2.63. The molecule has 27 heavy (non-hydrogen) atoms. The van der Waals surface area contributed by atoms with Gasteiger partial charge in [0.05, 0.1) is 5.56 Å².